The van der Waals surface area contributed by atoms with Crippen LogP contribution in [0.5, 0.6) is 23.0 Å². The van der Waals surface area contributed by atoms with Crippen LogP contribution in [0.25, 0.3) is 22.3 Å². The van der Waals surface area contributed by atoms with Crippen LogP contribution in [-0.2, 0) is 4.79 Å². The first-order chi connectivity index (χ1) is 16.6. The fourth-order valence-electron chi connectivity index (χ4n) is 4.61. The third-order valence-corrected chi connectivity index (χ3v) is 6.16. The van der Waals surface area contributed by atoms with Gasteiger partial charge in [-0.15, -0.1) is 0 Å². The molecule has 0 saturated carbocycles. The van der Waals surface area contributed by atoms with Gasteiger partial charge in [0.25, 0.3) is 0 Å². The molecule has 2 aliphatic heterocycles. The first kappa shape index (κ1) is 20.4. The molecule has 3 heterocycles. The fraction of sp³-hybridized carbons (Fsp3) is 0.185. The molecule has 6 rings (SSSR count). The molecule has 0 bridgehead atoms. The molecular weight excluding hydrogens is 436 g/mol. The van der Waals surface area contributed by atoms with Gasteiger partial charge in [0.15, 0.2) is 16.9 Å². The number of benzene rings is 3. The predicted octanol–water partition coefficient (Wildman–Crippen LogP) is 4.68. The quantitative estimate of drug-likeness (QED) is 0.327. The van der Waals surface area contributed by atoms with E-state index in [0.717, 1.165) is 11.1 Å². The summed E-state index contributed by atoms with van der Waals surface area (Å²) in [5, 5.41) is 0.307. The van der Waals surface area contributed by atoms with Gasteiger partial charge in [0.05, 0.1) is 13.5 Å². The van der Waals surface area contributed by atoms with Crippen LogP contribution in [0.2, 0.25) is 0 Å². The number of fused-ring (bicyclic) bond motifs is 4. The van der Waals surface area contributed by atoms with Crippen LogP contribution in [0, 0.1) is 0 Å². The Morgan fingerprint density at radius 3 is 2.47 bits per heavy atom. The number of esters is 1. The molecule has 1 unspecified atom stereocenters. The van der Waals surface area contributed by atoms with Crippen molar-refractivity contribution in [1.82, 2.24) is 0 Å². The van der Waals surface area contributed by atoms with Crippen LogP contribution >= 0.6 is 0 Å². The average Bonchev–Trinajstić information content (AvgIpc) is 2.87. The number of carbonyl (C=O) groups excluding carboxylic acids is 1. The summed E-state index contributed by atoms with van der Waals surface area (Å²) in [6.07, 6.45) is 0.0906. The lowest BCUT2D eigenvalue weighted by atomic mass is 9.85. The van der Waals surface area contributed by atoms with Crippen molar-refractivity contribution in [3.8, 4) is 34.3 Å². The molecule has 7 nitrogen and oxygen atoms in total. The van der Waals surface area contributed by atoms with E-state index in [1.807, 2.05) is 48.5 Å². The highest BCUT2D eigenvalue weighted by molar-refractivity contribution is 5.93. The fourth-order valence-corrected chi connectivity index (χ4v) is 4.61. The van der Waals surface area contributed by atoms with Crippen molar-refractivity contribution in [3.05, 3.63) is 82.0 Å². The second-order valence-electron chi connectivity index (χ2n) is 8.17. The van der Waals surface area contributed by atoms with Crippen molar-refractivity contribution >= 4 is 16.9 Å². The van der Waals surface area contributed by atoms with Crippen LogP contribution in [0.4, 0.5) is 0 Å². The van der Waals surface area contributed by atoms with E-state index in [-0.39, 0.29) is 23.6 Å². The normalized spacial score (nSPS) is 16.6. The predicted molar refractivity (Wildman–Crippen MR) is 124 cm³/mol. The number of rotatable bonds is 3. The van der Waals surface area contributed by atoms with E-state index in [1.54, 1.807) is 6.07 Å². The van der Waals surface area contributed by atoms with E-state index in [9.17, 15) is 9.59 Å². The third kappa shape index (κ3) is 3.28. The maximum Gasteiger partial charge on any atom is 0.312 e. The molecule has 0 radical (unpaired) electrons. The van der Waals surface area contributed by atoms with Gasteiger partial charge in [-0.25, -0.2) is 0 Å². The van der Waals surface area contributed by atoms with Gasteiger partial charge >= 0.3 is 5.97 Å². The van der Waals surface area contributed by atoms with E-state index in [4.69, 9.17) is 23.4 Å². The van der Waals surface area contributed by atoms with Gasteiger partial charge in [-0.1, -0.05) is 36.4 Å². The van der Waals surface area contributed by atoms with E-state index in [0.29, 0.717) is 52.8 Å². The summed E-state index contributed by atoms with van der Waals surface area (Å²) in [6, 6.07) is 18.0. The molecule has 2 aliphatic rings. The van der Waals surface area contributed by atoms with Crippen molar-refractivity contribution in [3.63, 3.8) is 0 Å². The summed E-state index contributed by atoms with van der Waals surface area (Å²) in [5.74, 6) is 1.52. The Labute approximate surface area is 194 Å². The van der Waals surface area contributed by atoms with Gasteiger partial charge < -0.3 is 23.4 Å². The van der Waals surface area contributed by atoms with Crippen molar-refractivity contribution in [2.45, 2.75) is 12.3 Å². The number of hydrogen-bond acceptors (Lipinski definition) is 7. The van der Waals surface area contributed by atoms with Crippen LogP contribution in [0.15, 0.2) is 69.9 Å². The van der Waals surface area contributed by atoms with Crippen LogP contribution < -0.4 is 24.4 Å². The Bertz CT molecular complexity index is 1490. The Kier molecular flexibility index (Phi) is 4.76. The Morgan fingerprint density at radius 1 is 0.882 bits per heavy atom. The first-order valence-corrected chi connectivity index (χ1v) is 11.0. The number of methoxy groups -OCH3 is 1. The Balaban J connectivity index is 1.62. The lowest BCUT2D eigenvalue weighted by Crippen LogP contribution is -2.22. The average molecular weight is 456 g/mol. The first-order valence-electron chi connectivity index (χ1n) is 11.0. The molecule has 0 saturated heterocycles. The molecule has 0 spiro atoms. The molecule has 0 amide bonds. The maximum atomic E-state index is 13.3. The van der Waals surface area contributed by atoms with Crippen molar-refractivity contribution in [2.75, 3.05) is 20.3 Å². The number of ether oxygens (including phenoxy) is 4. The summed E-state index contributed by atoms with van der Waals surface area (Å²) in [7, 11) is 1.47. The standard InChI is InChI=1S/C27H20O7/c1-30-22-14-23-25(27-26(22)18(28)13-20(34-27)15-5-3-2-4-6-15)17(12-24(29)33-23)16-7-8-19-21(11-16)32-10-9-31-19/h2-8,11,13-14,17H,9-10,12H2,1H3. The molecule has 34 heavy (non-hydrogen) atoms. The van der Waals surface area contributed by atoms with Gasteiger partial charge in [-0.2, -0.15) is 0 Å². The van der Waals surface area contributed by atoms with E-state index >= 15 is 0 Å². The highest BCUT2D eigenvalue weighted by Crippen LogP contribution is 2.47. The highest BCUT2D eigenvalue weighted by Gasteiger charge is 2.34. The Hall–Kier alpha value is -4.26. The summed E-state index contributed by atoms with van der Waals surface area (Å²) in [6.45, 7) is 0.942. The van der Waals surface area contributed by atoms with Gasteiger partial charge in [0, 0.05) is 29.2 Å². The van der Waals surface area contributed by atoms with Crippen LogP contribution in [-0.4, -0.2) is 26.3 Å². The number of carbonyl (C=O) groups is 1. The minimum absolute atomic E-state index is 0.0906. The summed E-state index contributed by atoms with van der Waals surface area (Å²) < 4.78 is 28.8. The van der Waals surface area contributed by atoms with E-state index in [1.165, 1.54) is 13.2 Å². The SMILES string of the molecule is COc1cc2c(c3oc(-c4ccccc4)cc(=O)c13)C(c1ccc3c(c1)OCCO3)CC(=O)O2. The minimum atomic E-state index is -0.408. The summed E-state index contributed by atoms with van der Waals surface area (Å²) in [4.78, 5) is 25.8. The lowest BCUT2D eigenvalue weighted by molar-refractivity contribution is -0.135. The van der Waals surface area contributed by atoms with Crippen LogP contribution in [0.1, 0.15) is 23.5 Å². The molecule has 1 aromatic heterocycles. The van der Waals surface area contributed by atoms with E-state index < -0.39 is 5.92 Å². The largest absolute Gasteiger partial charge is 0.496 e. The minimum Gasteiger partial charge on any atom is -0.496 e. The second-order valence-corrected chi connectivity index (χ2v) is 8.17. The van der Waals surface area contributed by atoms with Crippen molar-refractivity contribution in [1.29, 1.82) is 0 Å². The zero-order valence-electron chi connectivity index (χ0n) is 18.3. The third-order valence-electron chi connectivity index (χ3n) is 6.16. The Morgan fingerprint density at radius 2 is 1.68 bits per heavy atom. The van der Waals surface area contributed by atoms with Gasteiger partial charge in [0.1, 0.15) is 41.4 Å². The molecule has 0 fully saturated rings. The molecule has 1 atom stereocenters. The molecule has 0 N–H and O–H groups in total. The number of hydrogen-bond donors (Lipinski definition) is 0. The van der Waals surface area contributed by atoms with Crippen molar-refractivity contribution < 1.29 is 28.2 Å². The molecule has 0 aliphatic carbocycles. The van der Waals surface area contributed by atoms with Crippen molar-refractivity contribution in [2.24, 2.45) is 0 Å². The zero-order valence-corrected chi connectivity index (χ0v) is 18.3. The van der Waals surface area contributed by atoms with Crippen LogP contribution in [0.3, 0.4) is 0 Å². The molecule has 4 aromatic rings. The van der Waals surface area contributed by atoms with Gasteiger partial charge in [-0.3, -0.25) is 9.59 Å². The zero-order chi connectivity index (χ0) is 23.2. The summed E-state index contributed by atoms with van der Waals surface area (Å²) >= 11 is 0. The van der Waals surface area contributed by atoms with E-state index in [2.05, 4.69) is 0 Å². The second kappa shape index (κ2) is 7.95. The maximum absolute atomic E-state index is 13.3. The monoisotopic (exact) mass is 456 g/mol. The van der Waals surface area contributed by atoms with Gasteiger partial charge in [0.2, 0.25) is 0 Å². The molecule has 7 heteroatoms. The van der Waals surface area contributed by atoms with Gasteiger partial charge in [-0.05, 0) is 17.7 Å². The molecule has 3 aromatic carbocycles. The lowest BCUT2D eigenvalue weighted by Gasteiger charge is -2.27. The smallest absolute Gasteiger partial charge is 0.312 e. The molecular formula is C27H20O7. The molecule has 170 valence electrons. The summed E-state index contributed by atoms with van der Waals surface area (Å²) in [5.41, 5.74) is 2.33. The topological polar surface area (TPSA) is 84.2 Å². The highest BCUT2D eigenvalue weighted by atomic mass is 16.6.